The zero-order valence-electron chi connectivity index (χ0n) is 23.6. The van der Waals surface area contributed by atoms with Crippen LogP contribution < -0.4 is 4.57 Å². The number of hydrogen-bond donors (Lipinski definition) is 0. The van der Waals surface area contributed by atoms with E-state index in [2.05, 4.69) is 145 Å². The Morgan fingerprint density at radius 1 is 0.583 bits per heavy atom. The fraction of sp³-hybridized carbons (Fsp3) is 0.382. The van der Waals surface area contributed by atoms with Crippen LogP contribution in [0.4, 0.5) is 0 Å². The first-order valence-electron chi connectivity index (χ1n) is 13.6. The number of aromatic nitrogens is 2. The molecule has 0 spiro atoms. The Bertz CT molecular complexity index is 1200. The number of rotatable bonds is 7. The van der Waals surface area contributed by atoms with E-state index in [-0.39, 0.29) is 0 Å². The molecule has 0 aliphatic rings. The van der Waals surface area contributed by atoms with Crippen LogP contribution in [0.2, 0.25) is 0 Å². The molecule has 2 heteroatoms. The molecule has 4 aromatic rings. The van der Waals surface area contributed by atoms with Crippen LogP contribution in [0.5, 0.6) is 0 Å². The van der Waals surface area contributed by atoms with Crippen LogP contribution in [0.15, 0.2) is 73.1 Å². The first-order chi connectivity index (χ1) is 17.1. The summed E-state index contributed by atoms with van der Waals surface area (Å²) in [5, 5.41) is 0. The average Bonchev–Trinajstić information content (AvgIpc) is 3.27. The van der Waals surface area contributed by atoms with Gasteiger partial charge in [0.05, 0.1) is 5.56 Å². The minimum absolute atomic E-state index is 0.426. The minimum Gasteiger partial charge on any atom is -0.195 e. The third-order valence-corrected chi connectivity index (χ3v) is 7.30. The maximum absolute atomic E-state index is 2.45. The van der Waals surface area contributed by atoms with Gasteiger partial charge in [-0.15, -0.1) is 0 Å². The van der Waals surface area contributed by atoms with Gasteiger partial charge in [-0.3, -0.25) is 0 Å². The van der Waals surface area contributed by atoms with Crippen molar-refractivity contribution in [3.05, 3.63) is 101 Å². The summed E-state index contributed by atoms with van der Waals surface area (Å²) in [5.41, 5.74) is 10.7. The molecular weight excluding hydrogens is 436 g/mol. The van der Waals surface area contributed by atoms with Crippen molar-refractivity contribution in [2.24, 2.45) is 0 Å². The fourth-order valence-electron chi connectivity index (χ4n) is 5.31. The van der Waals surface area contributed by atoms with Crippen molar-refractivity contribution in [3.63, 3.8) is 0 Å². The molecule has 1 heterocycles. The first kappa shape index (κ1) is 25.9. The average molecular weight is 480 g/mol. The standard InChI is InChI=1S/C34H43N2/c1-22(2)28-12-10-13-29(23(3)4)32(28)35-20-21-36(34(35)27-18-16-26(9)17-19-27)33-30(24(5)6)14-11-15-31(33)25(7)8/h10-25H,1-9H3/q+1. The summed E-state index contributed by atoms with van der Waals surface area (Å²) in [7, 11) is 0. The lowest BCUT2D eigenvalue weighted by Crippen LogP contribution is -2.35. The van der Waals surface area contributed by atoms with E-state index in [4.69, 9.17) is 0 Å². The highest BCUT2D eigenvalue weighted by atomic mass is 15.2. The van der Waals surface area contributed by atoms with Crippen molar-refractivity contribution < 1.29 is 4.57 Å². The molecule has 1 aromatic heterocycles. The second-order valence-electron chi connectivity index (χ2n) is 11.4. The zero-order chi connectivity index (χ0) is 26.1. The van der Waals surface area contributed by atoms with Crippen molar-refractivity contribution in [1.82, 2.24) is 4.57 Å². The molecule has 0 atom stereocenters. The summed E-state index contributed by atoms with van der Waals surface area (Å²) < 4.78 is 4.91. The number of hydrogen-bond acceptors (Lipinski definition) is 0. The molecule has 188 valence electrons. The van der Waals surface area contributed by atoms with Crippen LogP contribution in [-0.4, -0.2) is 4.57 Å². The molecule has 0 bridgehead atoms. The summed E-state index contributed by atoms with van der Waals surface area (Å²) in [6.45, 7) is 20.6. The van der Waals surface area contributed by atoms with Gasteiger partial charge in [0.15, 0.2) is 0 Å². The lowest BCUT2D eigenvalue weighted by Gasteiger charge is -2.20. The molecule has 0 aliphatic carbocycles. The Kier molecular flexibility index (Phi) is 7.54. The quantitative estimate of drug-likeness (QED) is 0.234. The smallest absolute Gasteiger partial charge is 0.195 e. The van der Waals surface area contributed by atoms with Gasteiger partial charge in [0.1, 0.15) is 23.8 Å². The van der Waals surface area contributed by atoms with Gasteiger partial charge in [-0.25, -0.2) is 0 Å². The highest BCUT2D eigenvalue weighted by Crippen LogP contribution is 2.35. The van der Waals surface area contributed by atoms with Crippen molar-refractivity contribution in [2.45, 2.75) is 86.0 Å². The Morgan fingerprint density at radius 2 is 1.03 bits per heavy atom. The van der Waals surface area contributed by atoms with Crippen LogP contribution in [0.1, 0.15) is 107 Å². The number of benzene rings is 3. The normalized spacial score (nSPS) is 11.9. The molecule has 0 radical (unpaired) electrons. The van der Waals surface area contributed by atoms with Crippen molar-refractivity contribution in [3.8, 4) is 22.8 Å². The van der Waals surface area contributed by atoms with Crippen molar-refractivity contribution in [1.29, 1.82) is 0 Å². The molecule has 0 amide bonds. The van der Waals surface area contributed by atoms with E-state index in [9.17, 15) is 0 Å². The van der Waals surface area contributed by atoms with Crippen LogP contribution in [0.25, 0.3) is 22.8 Å². The van der Waals surface area contributed by atoms with Crippen LogP contribution >= 0.6 is 0 Å². The van der Waals surface area contributed by atoms with Crippen molar-refractivity contribution in [2.75, 3.05) is 0 Å². The molecule has 0 fully saturated rings. The Hall–Kier alpha value is -3.13. The van der Waals surface area contributed by atoms with E-state index < -0.39 is 0 Å². The molecule has 0 N–H and O–H groups in total. The Labute approximate surface area is 218 Å². The zero-order valence-corrected chi connectivity index (χ0v) is 23.6. The molecule has 36 heavy (non-hydrogen) atoms. The monoisotopic (exact) mass is 479 g/mol. The maximum atomic E-state index is 2.45. The number of nitrogens with zero attached hydrogens (tertiary/aromatic N) is 2. The summed E-state index contributed by atoms with van der Waals surface area (Å²) in [6.07, 6.45) is 4.56. The Balaban J connectivity index is 2.15. The van der Waals surface area contributed by atoms with Gasteiger partial charge in [-0.1, -0.05) is 109 Å². The highest BCUT2D eigenvalue weighted by Gasteiger charge is 2.30. The van der Waals surface area contributed by atoms with Gasteiger partial charge in [0, 0.05) is 22.3 Å². The SMILES string of the molecule is Cc1ccc(-c2n(-c3c(C(C)C)cccc3C(C)C)cc[n+]2-c2c(C(C)C)cccc2C(C)C)cc1. The molecule has 0 saturated heterocycles. The van der Waals surface area contributed by atoms with Gasteiger partial charge < -0.3 is 0 Å². The number of imidazole rings is 1. The van der Waals surface area contributed by atoms with E-state index in [1.165, 1.54) is 50.6 Å². The van der Waals surface area contributed by atoms with E-state index >= 15 is 0 Å². The fourth-order valence-corrected chi connectivity index (χ4v) is 5.31. The molecule has 4 rings (SSSR count). The van der Waals surface area contributed by atoms with E-state index in [1.807, 2.05) is 0 Å². The van der Waals surface area contributed by atoms with Gasteiger partial charge in [0.25, 0.3) is 5.82 Å². The number of aryl methyl sites for hydroxylation is 1. The van der Waals surface area contributed by atoms with Crippen molar-refractivity contribution >= 4 is 0 Å². The minimum atomic E-state index is 0.426. The van der Waals surface area contributed by atoms with E-state index in [0.717, 1.165) is 0 Å². The predicted octanol–water partition coefficient (Wildman–Crippen LogP) is 9.22. The van der Waals surface area contributed by atoms with Gasteiger partial charge >= 0.3 is 0 Å². The predicted molar refractivity (Wildman–Crippen MR) is 154 cm³/mol. The topological polar surface area (TPSA) is 8.81 Å². The third-order valence-electron chi connectivity index (χ3n) is 7.30. The molecule has 2 nitrogen and oxygen atoms in total. The number of para-hydroxylation sites is 2. The van der Waals surface area contributed by atoms with Gasteiger partial charge in [-0.05, 0) is 42.7 Å². The second-order valence-corrected chi connectivity index (χ2v) is 11.4. The van der Waals surface area contributed by atoms with Gasteiger partial charge in [-0.2, -0.15) is 9.13 Å². The summed E-state index contributed by atoms with van der Waals surface area (Å²) in [5.74, 6) is 2.91. The molecule has 0 aliphatic heterocycles. The summed E-state index contributed by atoms with van der Waals surface area (Å²) >= 11 is 0. The van der Waals surface area contributed by atoms with Crippen LogP contribution in [0, 0.1) is 6.92 Å². The largest absolute Gasteiger partial charge is 0.299 e. The molecule has 0 saturated carbocycles. The lowest BCUT2D eigenvalue weighted by molar-refractivity contribution is -0.584. The maximum Gasteiger partial charge on any atom is 0.299 e. The van der Waals surface area contributed by atoms with Crippen LogP contribution in [0.3, 0.4) is 0 Å². The second kappa shape index (κ2) is 10.5. The summed E-state index contributed by atoms with van der Waals surface area (Å²) in [6, 6.07) is 22.7. The summed E-state index contributed by atoms with van der Waals surface area (Å²) in [4.78, 5) is 0. The lowest BCUT2D eigenvalue weighted by atomic mass is 9.92. The van der Waals surface area contributed by atoms with E-state index in [0.29, 0.717) is 23.7 Å². The molecule has 3 aromatic carbocycles. The molecular formula is C34H43N2+. The first-order valence-corrected chi connectivity index (χ1v) is 13.6. The third kappa shape index (κ3) is 4.78. The Morgan fingerprint density at radius 3 is 1.47 bits per heavy atom. The highest BCUT2D eigenvalue weighted by molar-refractivity contribution is 5.62. The molecule has 0 unspecified atom stereocenters. The van der Waals surface area contributed by atoms with Gasteiger partial charge in [0.2, 0.25) is 0 Å². The van der Waals surface area contributed by atoms with Crippen LogP contribution in [-0.2, 0) is 0 Å². The van der Waals surface area contributed by atoms with E-state index in [1.54, 1.807) is 0 Å².